The highest BCUT2D eigenvalue weighted by Crippen LogP contribution is 2.33. The molecule has 0 aliphatic heterocycles. The minimum absolute atomic E-state index is 0.0974. The molecule has 0 bridgehead atoms. The number of hydrogen-bond acceptors (Lipinski definition) is 3. The number of rotatable bonds is 3. The summed E-state index contributed by atoms with van der Waals surface area (Å²) in [5.74, 6) is 5.64. The highest BCUT2D eigenvalue weighted by atomic mass is 35.5. The predicted molar refractivity (Wildman–Crippen MR) is 74.7 cm³/mol. The van der Waals surface area contributed by atoms with Crippen molar-refractivity contribution in [1.82, 2.24) is 5.43 Å². The normalized spacial score (nSPS) is 12.7. The lowest BCUT2D eigenvalue weighted by molar-refractivity contribution is 0.644. The first-order chi connectivity index (χ1) is 8.13. The van der Waals surface area contributed by atoms with Gasteiger partial charge in [0.25, 0.3) is 0 Å². The maximum atomic E-state index is 6.20. The van der Waals surface area contributed by atoms with Crippen molar-refractivity contribution in [3.8, 4) is 0 Å². The van der Waals surface area contributed by atoms with Gasteiger partial charge < -0.3 is 0 Å². The standard InChI is InChI=1S/C12H12Cl2N2S/c1-7-4-5-17-12(7)11(16-15)9-3-2-8(13)6-10(9)14/h2-6,11,16H,15H2,1H3. The Kier molecular flexibility index (Phi) is 4.07. The Morgan fingerprint density at radius 2 is 2.06 bits per heavy atom. The third-order valence-electron chi connectivity index (χ3n) is 2.60. The third kappa shape index (κ3) is 2.64. The molecule has 0 fully saturated rings. The molecular weight excluding hydrogens is 275 g/mol. The van der Waals surface area contributed by atoms with Crippen LogP contribution in [0.1, 0.15) is 22.0 Å². The molecule has 0 aliphatic rings. The lowest BCUT2D eigenvalue weighted by Crippen LogP contribution is -2.28. The van der Waals surface area contributed by atoms with Gasteiger partial charge in [0.15, 0.2) is 0 Å². The van der Waals surface area contributed by atoms with Crippen LogP contribution in [0.5, 0.6) is 0 Å². The van der Waals surface area contributed by atoms with E-state index in [4.69, 9.17) is 29.0 Å². The van der Waals surface area contributed by atoms with E-state index in [1.54, 1.807) is 17.4 Å². The second-order valence-electron chi connectivity index (χ2n) is 3.73. The summed E-state index contributed by atoms with van der Waals surface area (Å²) in [6.07, 6.45) is 0. The molecule has 0 saturated carbocycles. The van der Waals surface area contributed by atoms with Crippen molar-refractivity contribution in [1.29, 1.82) is 0 Å². The number of aryl methyl sites for hydroxylation is 1. The van der Waals surface area contributed by atoms with Crippen LogP contribution in [-0.2, 0) is 0 Å². The molecule has 0 aliphatic carbocycles. The molecule has 0 saturated heterocycles. The van der Waals surface area contributed by atoms with Gasteiger partial charge in [-0.3, -0.25) is 5.84 Å². The predicted octanol–water partition coefficient (Wildman–Crippen LogP) is 3.92. The van der Waals surface area contributed by atoms with Crippen LogP contribution in [0.2, 0.25) is 10.0 Å². The number of nitrogens with two attached hydrogens (primary N) is 1. The fourth-order valence-electron chi connectivity index (χ4n) is 1.72. The van der Waals surface area contributed by atoms with Crippen molar-refractivity contribution in [3.63, 3.8) is 0 Å². The Hall–Kier alpha value is -0.580. The molecule has 1 aromatic carbocycles. The molecule has 1 unspecified atom stereocenters. The van der Waals surface area contributed by atoms with Gasteiger partial charge in [-0.15, -0.1) is 11.3 Å². The molecule has 90 valence electrons. The first-order valence-corrected chi connectivity index (χ1v) is 6.72. The highest BCUT2D eigenvalue weighted by molar-refractivity contribution is 7.10. The molecule has 1 atom stereocenters. The van der Waals surface area contributed by atoms with E-state index in [2.05, 4.69) is 18.4 Å². The quantitative estimate of drug-likeness (QED) is 0.663. The molecule has 1 aromatic heterocycles. The van der Waals surface area contributed by atoms with Gasteiger partial charge in [-0.05, 0) is 41.6 Å². The summed E-state index contributed by atoms with van der Waals surface area (Å²) in [6, 6.07) is 7.41. The lowest BCUT2D eigenvalue weighted by Gasteiger charge is -2.17. The van der Waals surface area contributed by atoms with Gasteiger partial charge in [0.1, 0.15) is 0 Å². The smallest absolute Gasteiger partial charge is 0.0819 e. The molecule has 0 amide bonds. The molecule has 5 heteroatoms. The van der Waals surface area contributed by atoms with E-state index >= 15 is 0 Å². The summed E-state index contributed by atoms with van der Waals surface area (Å²) in [4.78, 5) is 1.16. The molecule has 2 nitrogen and oxygen atoms in total. The highest BCUT2D eigenvalue weighted by Gasteiger charge is 2.18. The summed E-state index contributed by atoms with van der Waals surface area (Å²) in [7, 11) is 0. The summed E-state index contributed by atoms with van der Waals surface area (Å²) >= 11 is 13.7. The maximum Gasteiger partial charge on any atom is 0.0819 e. The first-order valence-electron chi connectivity index (χ1n) is 5.08. The molecule has 3 N–H and O–H groups in total. The van der Waals surface area contributed by atoms with E-state index in [1.165, 1.54) is 5.56 Å². The number of hydrazine groups is 1. The maximum absolute atomic E-state index is 6.20. The number of benzene rings is 1. The van der Waals surface area contributed by atoms with E-state index < -0.39 is 0 Å². The van der Waals surface area contributed by atoms with Gasteiger partial charge in [0.2, 0.25) is 0 Å². The van der Waals surface area contributed by atoms with Crippen molar-refractivity contribution in [2.75, 3.05) is 0 Å². The van der Waals surface area contributed by atoms with E-state index in [0.29, 0.717) is 10.0 Å². The van der Waals surface area contributed by atoms with Crippen LogP contribution in [0, 0.1) is 6.92 Å². The van der Waals surface area contributed by atoms with Crippen molar-refractivity contribution in [2.24, 2.45) is 5.84 Å². The van der Waals surface area contributed by atoms with Gasteiger partial charge >= 0.3 is 0 Å². The van der Waals surface area contributed by atoms with Crippen LogP contribution in [0.3, 0.4) is 0 Å². The summed E-state index contributed by atoms with van der Waals surface area (Å²) < 4.78 is 0. The zero-order valence-corrected chi connectivity index (χ0v) is 11.5. The van der Waals surface area contributed by atoms with Gasteiger partial charge in [-0.1, -0.05) is 29.3 Å². The molecule has 1 heterocycles. The lowest BCUT2D eigenvalue weighted by atomic mass is 10.0. The first kappa shape index (κ1) is 12.9. The third-order valence-corrected chi connectivity index (χ3v) is 4.25. The van der Waals surface area contributed by atoms with Crippen molar-refractivity contribution in [3.05, 3.63) is 55.7 Å². The number of nitrogens with one attached hydrogen (secondary N) is 1. The van der Waals surface area contributed by atoms with Gasteiger partial charge in [-0.2, -0.15) is 0 Å². The van der Waals surface area contributed by atoms with Crippen molar-refractivity contribution in [2.45, 2.75) is 13.0 Å². The second-order valence-corrected chi connectivity index (χ2v) is 5.52. The van der Waals surface area contributed by atoms with Crippen LogP contribution in [0.15, 0.2) is 29.6 Å². The second kappa shape index (κ2) is 5.38. The van der Waals surface area contributed by atoms with Gasteiger partial charge in [-0.25, -0.2) is 5.43 Å². The zero-order chi connectivity index (χ0) is 12.4. The van der Waals surface area contributed by atoms with Gasteiger partial charge in [0.05, 0.1) is 6.04 Å². The summed E-state index contributed by atoms with van der Waals surface area (Å²) in [5.41, 5.74) is 4.94. The Labute approximate surface area is 114 Å². The minimum atomic E-state index is -0.0974. The Morgan fingerprint density at radius 3 is 2.59 bits per heavy atom. The summed E-state index contributed by atoms with van der Waals surface area (Å²) in [6.45, 7) is 2.06. The topological polar surface area (TPSA) is 38.0 Å². The average Bonchev–Trinajstić information content (AvgIpc) is 2.69. The molecule has 2 aromatic rings. The van der Waals surface area contributed by atoms with Crippen LogP contribution < -0.4 is 11.3 Å². The van der Waals surface area contributed by atoms with Crippen LogP contribution >= 0.6 is 34.5 Å². The molecule has 2 rings (SSSR count). The summed E-state index contributed by atoms with van der Waals surface area (Å²) in [5, 5.41) is 3.28. The van der Waals surface area contributed by atoms with Gasteiger partial charge in [0, 0.05) is 14.9 Å². The van der Waals surface area contributed by atoms with E-state index in [1.807, 2.05) is 17.5 Å². The van der Waals surface area contributed by atoms with Crippen LogP contribution in [0.4, 0.5) is 0 Å². The number of thiophene rings is 1. The fraction of sp³-hybridized carbons (Fsp3) is 0.167. The fourth-order valence-corrected chi connectivity index (χ4v) is 3.24. The SMILES string of the molecule is Cc1ccsc1C(NN)c1ccc(Cl)cc1Cl. The number of halogens is 2. The van der Waals surface area contributed by atoms with Crippen molar-refractivity contribution >= 4 is 34.5 Å². The number of hydrogen-bond donors (Lipinski definition) is 2. The Morgan fingerprint density at radius 1 is 1.29 bits per heavy atom. The van der Waals surface area contributed by atoms with E-state index in [-0.39, 0.29) is 6.04 Å². The van der Waals surface area contributed by atoms with E-state index in [0.717, 1.165) is 10.4 Å². The largest absolute Gasteiger partial charge is 0.271 e. The Bertz CT molecular complexity index is 525. The zero-order valence-electron chi connectivity index (χ0n) is 9.21. The van der Waals surface area contributed by atoms with E-state index in [9.17, 15) is 0 Å². The average molecular weight is 287 g/mol. The molecule has 0 spiro atoms. The monoisotopic (exact) mass is 286 g/mol. The molecular formula is C12H12Cl2N2S. The van der Waals surface area contributed by atoms with Crippen molar-refractivity contribution < 1.29 is 0 Å². The molecule has 0 radical (unpaired) electrons. The van der Waals surface area contributed by atoms with Crippen LogP contribution in [0.25, 0.3) is 0 Å². The molecule has 17 heavy (non-hydrogen) atoms. The van der Waals surface area contributed by atoms with Crippen LogP contribution in [-0.4, -0.2) is 0 Å². The minimum Gasteiger partial charge on any atom is -0.271 e. The Balaban J connectivity index is 2.46.